The summed E-state index contributed by atoms with van der Waals surface area (Å²) in [7, 11) is 0. The van der Waals surface area contributed by atoms with Crippen LogP contribution in [-0.2, 0) is 0 Å². The van der Waals surface area contributed by atoms with Crippen molar-refractivity contribution in [3.05, 3.63) is 61.4 Å². The van der Waals surface area contributed by atoms with E-state index in [0.717, 1.165) is 16.9 Å². The Kier molecular flexibility index (Phi) is 3.73. The van der Waals surface area contributed by atoms with Crippen LogP contribution >= 0.6 is 0 Å². The highest BCUT2D eigenvalue weighted by molar-refractivity contribution is 5.59. The lowest BCUT2D eigenvalue weighted by Gasteiger charge is -2.02. The predicted octanol–water partition coefficient (Wildman–Crippen LogP) is 3.36. The minimum atomic E-state index is 0.470. The van der Waals surface area contributed by atoms with Gasteiger partial charge in [0.1, 0.15) is 12.4 Å². The molecule has 0 saturated carbocycles. The van der Waals surface area contributed by atoms with Crippen LogP contribution in [0, 0.1) is 0 Å². The lowest BCUT2D eigenvalue weighted by atomic mass is 10.2. The maximum absolute atomic E-state index is 5.43. The molecule has 0 saturated heterocycles. The lowest BCUT2D eigenvalue weighted by Crippen LogP contribution is -1.92. The van der Waals surface area contributed by atoms with E-state index in [2.05, 4.69) is 21.7 Å². The monoisotopic (exact) mass is 279 g/mol. The van der Waals surface area contributed by atoms with Crippen LogP contribution < -0.4 is 4.74 Å². The molecule has 1 aromatic carbocycles. The van der Waals surface area contributed by atoms with Crippen LogP contribution in [0.15, 0.2) is 66.0 Å². The van der Waals surface area contributed by atoms with E-state index < -0.39 is 0 Å². The van der Waals surface area contributed by atoms with Crippen LogP contribution in [-0.4, -0.2) is 21.7 Å². The fraction of sp³-hybridized carbons (Fsp3) is 0.0625. The highest BCUT2D eigenvalue weighted by Gasteiger charge is 2.10. The number of hydrogen-bond acceptors (Lipinski definition) is 5. The summed E-state index contributed by atoms with van der Waals surface area (Å²) in [6.07, 6.45) is 5.08. The lowest BCUT2D eigenvalue weighted by molar-refractivity contribution is 0.363. The molecule has 104 valence electrons. The van der Waals surface area contributed by atoms with Crippen LogP contribution in [0.1, 0.15) is 0 Å². The zero-order valence-corrected chi connectivity index (χ0v) is 11.3. The number of aromatic nitrogens is 3. The maximum Gasteiger partial charge on any atom is 0.258 e. The van der Waals surface area contributed by atoms with Crippen LogP contribution in [0.4, 0.5) is 0 Å². The second-order valence-corrected chi connectivity index (χ2v) is 4.28. The van der Waals surface area contributed by atoms with Gasteiger partial charge in [-0.05, 0) is 36.4 Å². The van der Waals surface area contributed by atoms with E-state index in [0.29, 0.717) is 18.3 Å². The van der Waals surface area contributed by atoms with E-state index in [1.165, 1.54) is 0 Å². The topological polar surface area (TPSA) is 61.0 Å². The normalized spacial score (nSPS) is 10.3. The molecule has 0 N–H and O–H groups in total. The van der Waals surface area contributed by atoms with Crippen molar-refractivity contribution in [1.29, 1.82) is 0 Å². The van der Waals surface area contributed by atoms with E-state index >= 15 is 0 Å². The number of hydrogen-bond donors (Lipinski definition) is 0. The van der Waals surface area contributed by atoms with Crippen molar-refractivity contribution in [2.24, 2.45) is 0 Å². The number of pyridine rings is 1. The molecule has 0 aliphatic heterocycles. The molecule has 2 heterocycles. The second-order valence-electron chi connectivity index (χ2n) is 4.28. The van der Waals surface area contributed by atoms with Crippen molar-refractivity contribution >= 4 is 0 Å². The van der Waals surface area contributed by atoms with Gasteiger partial charge in [-0.15, -0.1) is 0 Å². The smallest absolute Gasteiger partial charge is 0.258 e. The number of nitrogens with zero attached hydrogens (tertiary/aromatic N) is 3. The third kappa shape index (κ3) is 2.97. The van der Waals surface area contributed by atoms with Gasteiger partial charge in [-0.1, -0.05) is 17.8 Å². The molecule has 0 radical (unpaired) electrons. The van der Waals surface area contributed by atoms with Gasteiger partial charge in [-0.2, -0.15) is 4.98 Å². The Morgan fingerprint density at radius 3 is 2.52 bits per heavy atom. The van der Waals surface area contributed by atoms with Gasteiger partial charge in [-0.25, -0.2) is 0 Å². The first-order valence-electron chi connectivity index (χ1n) is 6.45. The van der Waals surface area contributed by atoms with E-state index in [-0.39, 0.29) is 0 Å². The first-order valence-corrected chi connectivity index (χ1v) is 6.45. The molecule has 0 fully saturated rings. The van der Waals surface area contributed by atoms with E-state index in [1.54, 1.807) is 18.5 Å². The van der Waals surface area contributed by atoms with E-state index in [1.807, 2.05) is 36.4 Å². The Morgan fingerprint density at radius 1 is 1.05 bits per heavy atom. The Balaban J connectivity index is 1.81. The summed E-state index contributed by atoms with van der Waals surface area (Å²) < 4.78 is 10.7. The molecular weight excluding hydrogens is 266 g/mol. The molecule has 0 aliphatic rings. The van der Waals surface area contributed by atoms with Crippen molar-refractivity contribution < 1.29 is 9.26 Å². The van der Waals surface area contributed by atoms with Crippen molar-refractivity contribution in [1.82, 2.24) is 15.1 Å². The summed E-state index contributed by atoms with van der Waals surface area (Å²) in [6, 6.07) is 11.1. The summed E-state index contributed by atoms with van der Waals surface area (Å²) in [5.41, 5.74) is 1.71. The molecule has 5 heteroatoms. The first-order chi connectivity index (χ1) is 10.4. The number of ether oxygens (including phenoxy) is 1. The standard InChI is InChI=1S/C16H13N3O2/c1-2-11-20-14-5-3-13(4-6-14)16-18-15(19-21-16)12-7-9-17-10-8-12/h2-10H,1,11H2. The van der Waals surface area contributed by atoms with Gasteiger partial charge in [-0.3, -0.25) is 4.98 Å². The molecule has 5 nitrogen and oxygen atoms in total. The fourth-order valence-electron chi connectivity index (χ4n) is 1.81. The molecule has 3 rings (SSSR count). The van der Waals surface area contributed by atoms with Gasteiger partial charge in [0.2, 0.25) is 5.82 Å². The minimum Gasteiger partial charge on any atom is -0.490 e. The second kappa shape index (κ2) is 6.00. The molecule has 0 bridgehead atoms. The highest BCUT2D eigenvalue weighted by Crippen LogP contribution is 2.23. The fourth-order valence-corrected chi connectivity index (χ4v) is 1.81. The van der Waals surface area contributed by atoms with Crippen LogP contribution in [0.25, 0.3) is 22.8 Å². The highest BCUT2D eigenvalue weighted by atomic mass is 16.5. The zero-order valence-electron chi connectivity index (χ0n) is 11.3. The van der Waals surface area contributed by atoms with Gasteiger partial charge >= 0.3 is 0 Å². The average Bonchev–Trinajstić information content (AvgIpc) is 3.04. The molecular formula is C16H13N3O2. The SMILES string of the molecule is C=CCOc1ccc(-c2nc(-c3ccncc3)no2)cc1. The molecule has 0 atom stereocenters. The maximum atomic E-state index is 5.43. The minimum absolute atomic E-state index is 0.470. The van der Waals surface area contributed by atoms with E-state index in [4.69, 9.17) is 9.26 Å². The summed E-state index contributed by atoms with van der Waals surface area (Å²) in [5.74, 6) is 1.78. The molecule has 0 aliphatic carbocycles. The number of rotatable bonds is 5. The zero-order chi connectivity index (χ0) is 14.5. The van der Waals surface area contributed by atoms with Crippen LogP contribution in [0.3, 0.4) is 0 Å². The van der Waals surface area contributed by atoms with Gasteiger partial charge in [0.05, 0.1) is 0 Å². The molecule has 0 amide bonds. The van der Waals surface area contributed by atoms with Crippen molar-refractivity contribution in [3.8, 4) is 28.6 Å². The third-order valence-corrected chi connectivity index (χ3v) is 2.83. The Bertz CT molecular complexity index is 721. The van der Waals surface area contributed by atoms with Gasteiger partial charge in [0.25, 0.3) is 5.89 Å². The summed E-state index contributed by atoms with van der Waals surface area (Å²) >= 11 is 0. The van der Waals surface area contributed by atoms with Gasteiger partial charge < -0.3 is 9.26 Å². The number of benzene rings is 1. The summed E-state index contributed by atoms with van der Waals surface area (Å²) in [6.45, 7) is 4.09. The Morgan fingerprint density at radius 2 is 1.81 bits per heavy atom. The largest absolute Gasteiger partial charge is 0.490 e. The van der Waals surface area contributed by atoms with Gasteiger partial charge in [0, 0.05) is 23.5 Å². The van der Waals surface area contributed by atoms with E-state index in [9.17, 15) is 0 Å². The van der Waals surface area contributed by atoms with Crippen molar-refractivity contribution in [3.63, 3.8) is 0 Å². The molecule has 0 spiro atoms. The molecule has 21 heavy (non-hydrogen) atoms. The summed E-state index contributed by atoms with van der Waals surface area (Å²) in [4.78, 5) is 8.34. The Hall–Kier alpha value is -2.95. The summed E-state index contributed by atoms with van der Waals surface area (Å²) in [5, 5.41) is 3.98. The first kappa shape index (κ1) is 13.1. The van der Waals surface area contributed by atoms with Crippen molar-refractivity contribution in [2.45, 2.75) is 0 Å². The molecule has 0 unspecified atom stereocenters. The van der Waals surface area contributed by atoms with Crippen LogP contribution in [0.2, 0.25) is 0 Å². The Labute approximate surface area is 121 Å². The van der Waals surface area contributed by atoms with Crippen LogP contribution in [0.5, 0.6) is 5.75 Å². The predicted molar refractivity (Wildman–Crippen MR) is 78.7 cm³/mol. The van der Waals surface area contributed by atoms with Crippen molar-refractivity contribution in [2.75, 3.05) is 6.61 Å². The quantitative estimate of drug-likeness (QED) is 0.670. The average molecular weight is 279 g/mol. The third-order valence-electron chi connectivity index (χ3n) is 2.83. The van der Waals surface area contributed by atoms with Gasteiger partial charge in [0.15, 0.2) is 0 Å². The molecule has 2 aromatic heterocycles. The molecule has 3 aromatic rings.